The highest BCUT2D eigenvalue weighted by molar-refractivity contribution is 5.63. The van der Waals surface area contributed by atoms with Crippen molar-refractivity contribution in [3.8, 4) is 11.5 Å². The molecule has 2 aliphatic heterocycles. The molecule has 36 heavy (non-hydrogen) atoms. The van der Waals surface area contributed by atoms with Gasteiger partial charge in [-0.2, -0.15) is 0 Å². The summed E-state index contributed by atoms with van der Waals surface area (Å²) in [5, 5.41) is 12.5. The minimum absolute atomic E-state index is 0.0722. The van der Waals surface area contributed by atoms with Crippen molar-refractivity contribution in [2.24, 2.45) is 22.7 Å². The van der Waals surface area contributed by atoms with Crippen molar-refractivity contribution in [1.82, 2.24) is 4.90 Å². The van der Waals surface area contributed by atoms with E-state index in [4.69, 9.17) is 14.2 Å². The van der Waals surface area contributed by atoms with Crippen molar-refractivity contribution < 1.29 is 22.1 Å². The number of methoxy groups -OCH3 is 2. The molecule has 0 radical (unpaired) electrons. The lowest BCUT2D eigenvalue weighted by Gasteiger charge is -2.75. The van der Waals surface area contributed by atoms with Crippen molar-refractivity contribution in [2.75, 3.05) is 27.3 Å². The molecule has 1 unspecified atom stereocenters. The highest BCUT2D eigenvalue weighted by atomic mass is 16.6. The van der Waals surface area contributed by atoms with Crippen LogP contribution < -0.4 is 9.47 Å². The van der Waals surface area contributed by atoms with Gasteiger partial charge in [0.2, 0.25) is 0 Å². The predicted molar refractivity (Wildman–Crippen MR) is 140 cm³/mol. The Hall–Kier alpha value is -1.30. The summed E-state index contributed by atoms with van der Waals surface area (Å²) in [7, 11) is 3.54. The maximum Gasteiger partial charge on any atom is 0.165 e. The van der Waals surface area contributed by atoms with E-state index in [2.05, 4.69) is 31.7 Å². The lowest BCUT2D eigenvalue weighted by molar-refractivity contribution is -0.313. The molecule has 7 aliphatic rings. The number of hydrogen-bond donors (Lipinski definition) is 1. The first-order valence-electron chi connectivity index (χ1n) is 15.3. The highest BCUT2D eigenvalue weighted by Crippen LogP contribution is 2.78. The molecule has 5 nitrogen and oxygen atoms in total. The molecule has 198 valence electrons. The van der Waals surface area contributed by atoms with Crippen LogP contribution in [-0.4, -0.2) is 60.6 Å². The summed E-state index contributed by atoms with van der Waals surface area (Å²) < 4.78 is 38.2. The van der Waals surface area contributed by atoms with E-state index in [0.29, 0.717) is 0 Å². The first kappa shape index (κ1) is 21.6. The molecule has 4 saturated carbocycles. The van der Waals surface area contributed by atoms with E-state index in [9.17, 15) is 7.85 Å². The molecule has 8 rings (SSSR count). The van der Waals surface area contributed by atoms with Gasteiger partial charge in [-0.1, -0.05) is 26.8 Å². The fraction of sp³-hybridized carbons (Fsp3) is 0.806. The Kier molecular flexibility index (Phi) is 4.33. The standard InChI is InChI=1S/C31H45NO4/c1-7-27(2,3)28(4,33)22-17-29-12-13-31(22,35-6)26-30(29)14-15-32(18-19-8-9-19)23(29)16-20-10-11-21(34-5)25(36-26)24(20)30/h10-11,19,22-23,26,33H,7-9,12-18H2,1-6H3/t22-,23-,26?,28+,29-,30+,31-/m1/s1/i18D2. The van der Waals surface area contributed by atoms with E-state index in [-0.39, 0.29) is 40.2 Å². The highest BCUT2D eigenvalue weighted by Gasteiger charge is 2.82. The van der Waals surface area contributed by atoms with Gasteiger partial charge in [0.1, 0.15) is 11.7 Å². The lowest BCUT2D eigenvalue weighted by atomic mass is 9.33. The van der Waals surface area contributed by atoms with Crippen LogP contribution in [-0.2, 0) is 16.6 Å². The van der Waals surface area contributed by atoms with E-state index in [1.54, 1.807) is 7.11 Å². The van der Waals surface area contributed by atoms with E-state index >= 15 is 0 Å². The van der Waals surface area contributed by atoms with Gasteiger partial charge in [0.25, 0.3) is 0 Å². The van der Waals surface area contributed by atoms with Crippen LogP contribution in [0.3, 0.4) is 0 Å². The second-order valence-corrected chi connectivity index (χ2v) is 13.6. The quantitative estimate of drug-likeness (QED) is 0.568. The molecule has 5 aliphatic carbocycles. The van der Waals surface area contributed by atoms with Crippen molar-refractivity contribution in [3.05, 3.63) is 23.3 Å². The van der Waals surface area contributed by atoms with E-state index < -0.39 is 17.7 Å². The molecule has 7 atom stereocenters. The molecule has 1 saturated heterocycles. The smallest absolute Gasteiger partial charge is 0.165 e. The first-order valence-corrected chi connectivity index (χ1v) is 14.3. The van der Waals surface area contributed by atoms with Crippen LogP contribution in [0.5, 0.6) is 11.5 Å². The van der Waals surface area contributed by atoms with Gasteiger partial charge in [0, 0.05) is 44.7 Å². The summed E-state index contributed by atoms with van der Waals surface area (Å²) in [6.45, 7) is 7.97. The van der Waals surface area contributed by atoms with Gasteiger partial charge < -0.3 is 19.3 Å². The van der Waals surface area contributed by atoms with Crippen molar-refractivity contribution >= 4 is 0 Å². The maximum absolute atomic E-state index is 12.5. The Morgan fingerprint density at radius 3 is 2.64 bits per heavy atom. The Morgan fingerprint density at radius 2 is 1.97 bits per heavy atom. The number of nitrogens with zero attached hydrogens (tertiary/aromatic N) is 1. The zero-order valence-corrected chi connectivity index (χ0v) is 22.9. The third kappa shape index (κ3) is 2.50. The normalized spacial score (nSPS) is 43.2. The summed E-state index contributed by atoms with van der Waals surface area (Å²) in [4.78, 5) is 2.26. The van der Waals surface area contributed by atoms with Crippen LogP contribution in [0.2, 0.25) is 0 Å². The number of rotatable bonds is 7. The number of ether oxygens (including phenoxy) is 3. The monoisotopic (exact) mass is 497 g/mol. The average Bonchev–Trinajstić information content (AvgIpc) is 3.69. The van der Waals surface area contributed by atoms with Crippen LogP contribution >= 0.6 is 0 Å². The van der Waals surface area contributed by atoms with Gasteiger partial charge in [-0.05, 0) is 87.8 Å². The molecule has 5 fully saturated rings. The molecule has 0 aromatic heterocycles. The van der Waals surface area contributed by atoms with Gasteiger partial charge in [-0.15, -0.1) is 0 Å². The van der Waals surface area contributed by atoms with Crippen LogP contribution in [0.15, 0.2) is 12.1 Å². The number of hydrogen-bond acceptors (Lipinski definition) is 5. The van der Waals surface area contributed by atoms with Crippen LogP contribution in [0.1, 0.15) is 86.5 Å². The molecule has 1 aromatic carbocycles. The molecular weight excluding hydrogens is 450 g/mol. The Bertz CT molecular complexity index is 1180. The average molecular weight is 498 g/mol. The van der Waals surface area contributed by atoms with Crippen LogP contribution in [0, 0.1) is 22.7 Å². The molecule has 4 bridgehead atoms. The molecule has 5 heteroatoms. The lowest BCUT2D eigenvalue weighted by Crippen LogP contribution is -2.83. The number of benzene rings is 1. The van der Waals surface area contributed by atoms with Gasteiger partial charge >= 0.3 is 0 Å². The summed E-state index contributed by atoms with van der Waals surface area (Å²) in [6, 6.07) is 4.31. The molecular formula is C31H45NO4. The SMILES string of the molecule is [2H]C([2H])(C1CC1)N1CC[C@]23c4c5ccc(OC)c4OC2[C@@]2(OC)CC[C@@]3(C[C@@H]2[C@](C)(O)C(C)(C)CC)[C@H]1C5. The van der Waals surface area contributed by atoms with Crippen LogP contribution in [0.4, 0.5) is 0 Å². The number of aliphatic hydroxyl groups is 1. The van der Waals surface area contributed by atoms with E-state index in [0.717, 1.165) is 69.4 Å². The van der Waals surface area contributed by atoms with Gasteiger partial charge in [0.05, 0.1) is 12.7 Å². The Labute approximate surface area is 219 Å². The first-order chi connectivity index (χ1) is 17.9. The van der Waals surface area contributed by atoms with Gasteiger partial charge in [0.15, 0.2) is 11.5 Å². The minimum atomic E-state index is -1.31. The third-order valence-corrected chi connectivity index (χ3v) is 12.4. The second-order valence-electron chi connectivity index (χ2n) is 13.6. The summed E-state index contributed by atoms with van der Waals surface area (Å²) >= 11 is 0. The van der Waals surface area contributed by atoms with Gasteiger partial charge in [-0.25, -0.2) is 0 Å². The Morgan fingerprint density at radius 1 is 1.19 bits per heavy atom. The predicted octanol–water partition coefficient (Wildman–Crippen LogP) is 5.11. The van der Waals surface area contributed by atoms with E-state index in [1.165, 1.54) is 11.1 Å². The largest absolute Gasteiger partial charge is 0.493 e. The molecule has 2 spiro atoms. The second kappa shape index (κ2) is 7.21. The fourth-order valence-corrected chi connectivity index (χ4v) is 9.70. The number of piperidine rings is 1. The summed E-state index contributed by atoms with van der Waals surface area (Å²) in [5.41, 5.74) is 0.210. The third-order valence-electron chi connectivity index (χ3n) is 12.4. The zero-order valence-electron chi connectivity index (χ0n) is 24.9. The van der Waals surface area contributed by atoms with Crippen LogP contribution in [0.25, 0.3) is 0 Å². The molecule has 2 heterocycles. The Balaban J connectivity index is 1.48. The van der Waals surface area contributed by atoms with Gasteiger partial charge in [-0.3, -0.25) is 4.90 Å². The molecule has 1 aromatic rings. The minimum Gasteiger partial charge on any atom is -0.493 e. The van der Waals surface area contributed by atoms with E-state index in [1.807, 2.05) is 20.1 Å². The maximum atomic E-state index is 12.5. The summed E-state index contributed by atoms with van der Waals surface area (Å²) in [5.74, 6) is 1.65. The summed E-state index contributed by atoms with van der Waals surface area (Å²) in [6.07, 6.45) is 6.88. The topological polar surface area (TPSA) is 51.2 Å². The number of fused-ring (bicyclic) bond motifs is 2. The van der Waals surface area contributed by atoms with Crippen molar-refractivity contribution in [3.63, 3.8) is 0 Å². The van der Waals surface area contributed by atoms with Crippen molar-refractivity contribution in [2.45, 2.75) is 108 Å². The fourth-order valence-electron chi connectivity index (χ4n) is 9.70. The number of likely N-dealkylation sites (tertiary alicyclic amines) is 1. The molecule has 1 N–H and O–H groups in total. The van der Waals surface area contributed by atoms with Crippen molar-refractivity contribution in [1.29, 1.82) is 0 Å². The molecule has 0 amide bonds. The zero-order chi connectivity index (χ0) is 27.1.